The summed E-state index contributed by atoms with van der Waals surface area (Å²) in [6.07, 6.45) is 4.08. The maximum atomic E-state index is 10.5. The number of rotatable bonds is 4. The zero-order valence-corrected chi connectivity index (χ0v) is 9.47. The summed E-state index contributed by atoms with van der Waals surface area (Å²) in [5.74, 6) is -0.262. The van der Waals surface area contributed by atoms with Crippen LogP contribution in [-0.2, 0) is 11.2 Å². The van der Waals surface area contributed by atoms with Gasteiger partial charge in [-0.05, 0) is 19.1 Å². The zero-order chi connectivity index (χ0) is 12.3. The number of carbonyl (C=O) groups is 1. The van der Waals surface area contributed by atoms with Crippen LogP contribution >= 0.6 is 0 Å². The molecule has 2 aromatic rings. The van der Waals surface area contributed by atoms with Gasteiger partial charge in [-0.3, -0.25) is 4.79 Å². The molecule has 0 unspecified atom stereocenters. The number of aromatic nitrogens is 3. The second-order valence-corrected chi connectivity index (χ2v) is 3.80. The van der Waals surface area contributed by atoms with E-state index in [4.69, 9.17) is 5.11 Å². The van der Waals surface area contributed by atoms with Crippen molar-refractivity contribution < 1.29 is 9.90 Å². The van der Waals surface area contributed by atoms with Crippen LogP contribution in [0.3, 0.4) is 0 Å². The molecule has 0 aliphatic rings. The molecule has 2 aromatic heterocycles. The third-order valence-corrected chi connectivity index (χ3v) is 2.36. The van der Waals surface area contributed by atoms with Crippen LogP contribution in [-0.4, -0.2) is 26.0 Å². The van der Waals surface area contributed by atoms with Crippen LogP contribution in [0.4, 0.5) is 0 Å². The van der Waals surface area contributed by atoms with E-state index in [0.29, 0.717) is 12.2 Å². The van der Waals surface area contributed by atoms with E-state index in [2.05, 4.69) is 15.0 Å². The molecule has 0 bridgehead atoms. The molecule has 0 saturated carbocycles. The Kier molecular flexibility index (Phi) is 3.18. The average molecular weight is 231 g/mol. The molecule has 5 nitrogen and oxygen atoms in total. The van der Waals surface area contributed by atoms with Gasteiger partial charge in [-0.15, -0.1) is 0 Å². The Labute approximate surface area is 98.6 Å². The lowest BCUT2D eigenvalue weighted by molar-refractivity contribution is -0.137. The monoisotopic (exact) mass is 231 g/mol. The summed E-state index contributed by atoms with van der Waals surface area (Å²) >= 11 is 0. The highest BCUT2D eigenvalue weighted by molar-refractivity contribution is 5.67. The van der Waals surface area contributed by atoms with Crippen molar-refractivity contribution in [2.45, 2.75) is 19.8 Å². The summed E-state index contributed by atoms with van der Waals surface area (Å²) in [6, 6.07) is 3.80. The van der Waals surface area contributed by atoms with E-state index in [9.17, 15) is 4.79 Å². The van der Waals surface area contributed by atoms with Gasteiger partial charge in [-0.2, -0.15) is 0 Å². The number of nitrogens with one attached hydrogen (secondary N) is 1. The van der Waals surface area contributed by atoms with Crippen molar-refractivity contribution in [3.05, 3.63) is 36.0 Å². The predicted molar refractivity (Wildman–Crippen MR) is 62.5 cm³/mol. The van der Waals surface area contributed by atoms with Crippen LogP contribution < -0.4 is 0 Å². The maximum Gasteiger partial charge on any atom is 0.303 e. The highest BCUT2D eigenvalue weighted by atomic mass is 16.4. The minimum Gasteiger partial charge on any atom is -0.481 e. The van der Waals surface area contributed by atoms with Gasteiger partial charge in [0.15, 0.2) is 0 Å². The molecule has 0 amide bonds. The Morgan fingerprint density at radius 2 is 2.29 bits per heavy atom. The minimum atomic E-state index is -0.835. The van der Waals surface area contributed by atoms with Gasteiger partial charge >= 0.3 is 5.97 Å². The Balaban J connectivity index is 2.26. The molecule has 0 fully saturated rings. The van der Waals surface area contributed by atoms with E-state index in [1.54, 1.807) is 0 Å². The SMILES string of the molecule is Cc1cc(-c2cc[nH]c2)nc(CCC(=O)O)n1. The number of carboxylic acid groups (broad SMARTS) is 1. The first-order chi connectivity index (χ1) is 8.15. The fraction of sp³-hybridized carbons (Fsp3) is 0.250. The predicted octanol–water partition coefficient (Wildman–Crippen LogP) is 1.80. The van der Waals surface area contributed by atoms with Gasteiger partial charge in [-0.1, -0.05) is 0 Å². The zero-order valence-electron chi connectivity index (χ0n) is 9.47. The Morgan fingerprint density at radius 3 is 2.94 bits per heavy atom. The molecule has 0 aliphatic carbocycles. The largest absolute Gasteiger partial charge is 0.481 e. The molecule has 0 radical (unpaired) electrons. The molecule has 0 aliphatic heterocycles. The van der Waals surface area contributed by atoms with Gasteiger partial charge in [0.1, 0.15) is 5.82 Å². The van der Waals surface area contributed by atoms with Crippen LogP contribution in [0, 0.1) is 6.92 Å². The fourth-order valence-electron chi connectivity index (χ4n) is 1.59. The Morgan fingerprint density at radius 1 is 1.47 bits per heavy atom. The second-order valence-electron chi connectivity index (χ2n) is 3.80. The van der Waals surface area contributed by atoms with Crippen molar-refractivity contribution >= 4 is 5.97 Å². The van der Waals surface area contributed by atoms with Crippen molar-refractivity contribution in [1.82, 2.24) is 15.0 Å². The molecule has 2 N–H and O–H groups in total. The molecule has 2 rings (SSSR count). The molecule has 17 heavy (non-hydrogen) atoms. The summed E-state index contributed by atoms with van der Waals surface area (Å²) in [7, 11) is 0. The van der Waals surface area contributed by atoms with Gasteiger partial charge < -0.3 is 10.1 Å². The van der Waals surface area contributed by atoms with Gasteiger partial charge in [0, 0.05) is 30.1 Å². The van der Waals surface area contributed by atoms with Crippen LogP contribution in [0.15, 0.2) is 24.5 Å². The van der Waals surface area contributed by atoms with Crippen molar-refractivity contribution in [3.8, 4) is 11.3 Å². The second kappa shape index (κ2) is 4.78. The topological polar surface area (TPSA) is 78.9 Å². The highest BCUT2D eigenvalue weighted by Gasteiger charge is 2.06. The van der Waals surface area contributed by atoms with Crippen LogP contribution in [0.25, 0.3) is 11.3 Å². The van der Waals surface area contributed by atoms with Gasteiger partial charge in [0.2, 0.25) is 0 Å². The van der Waals surface area contributed by atoms with Crippen LogP contribution in [0.1, 0.15) is 17.9 Å². The first-order valence-corrected chi connectivity index (χ1v) is 5.34. The Bertz CT molecular complexity index is 521. The van der Waals surface area contributed by atoms with Crippen molar-refractivity contribution in [3.63, 3.8) is 0 Å². The molecule has 2 heterocycles. The summed E-state index contributed by atoms with van der Waals surface area (Å²) in [5.41, 5.74) is 2.64. The molecule has 0 atom stereocenters. The molecule has 0 spiro atoms. The standard InChI is InChI=1S/C12H13N3O2/c1-8-6-10(9-4-5-13-7-9)15-11(14-8)2-3-12(16)17/h4-7,13H,2-3H2,1H3,(H,16,17). The average Bonchev–Trinajstić information content (AvgIpc) is 2.79. The number of aromatic amines is 1. The normalized spacial score (nSPS) is 10.4. The number of carboxylic acids is 1. The molecular formula is C12H13N3O2. The summed E-state index contributed by atoms with van der Waals surface area (Å²) in [6.45, 7) is 1.88. The third kappa shape index (κ3) is 2.90. The summed E-state index contributed by atoms with van der Waals surface area (Å²) in [4.78, 5) is 22.1. The summed E-state index contributed by atoms with van der Waals surface area (Å²) in [5, 5.41) is 8.64. The van der Waals surface area contributed by atoms with Crippen molar-refractivity contribution in [1.29, 1.82) is 0 Å². The molecule has 0 saturated heterocycles. The molecule has 0 aromatic carbocycles. The molecule has 5 heteroatoms. The number of nitrogens with zero attached hydrogens (tertiary/aromatic N) is 2. The van der Waals surface area contributed by atoms with E-state index in [-0.39, 0.29) is 6.42 Å². The van der Waals surface area contributed by atoms with Crippen molar-refractivity contribution in [2.75, 3.05) is 0 Å². The molecule has 88 valence electrons. The lowest BCUT2D eigenvalue weighted by Crippen LogP contribution is -2.03. The van der Waals surface area contributed by atoms with E-state index in [1.807, 2.05) is 31.5 Å². The van der Waals surface area contributed by atoms with Gasteiger partial charge in [0.05, 0.1) is 12.1 Å². The third-order valence-electron chi connectivity index (χ3n) is 2.36. The lowest BCUT2D eigenvalue weighted by Gasteiger charge is -2.03. The highest BCUT2D eigenvalue weighted by Crippen LogP contribution is 2.17. The van der Waals surface area contributed by atoms with E-state index >= 15 is 0 Å². The number of hydrogen-bond donors (Lipinski definition) is 2. The number of aliphatic carboxylic acids is 1. The molecular weight excluding hydrogens is 218 g/mol. The van der Waals surface area contributed by atoms with Crippen LogP contribution in [0.5, 0.6) is 0 Å². The quantitative estimate of drug-likeness (QED) is 0.840. The number of H-pyrrole nitrogens is 1. The summed E-state index contributed by atoms with van der Waals surface area (Å²) < 4.78 is 0. The van der Waals surface area contributed by atoms with Crippen molar-refractivity contribution in [2.24, 2.45) is 0 Å². The first-order valence-electron chi connectivity index (χ1n) is 5.34. The maximum absolute atomic E-state index is 10.5. The lowest BCUT2D eigenvalue weighted by atomic mass is 10.2. The number of aryl methyl sites for hydroxylation is 2. The minimum absolute atomic E-state index is 0.0516. The number of hydrogen-bond acceptors (Lipinski definition) is 3. The smallest absolute Gasteiger partial charge is 0.303 e. The fourth-order valence-corrected chi connectivity index (χ4v) is 1.59. The Hall–Kier alpha value is -2.17. The van der Waals surface area contributed by atoms with E-state index in [1.165, 1.54) is 0 Å². The van der Waals surface area contributed by atoms with Crippen LogP contribution in [0.2, 0.25) is 0 Å². The van der Waals surface area contributed by atoms with Gasteiger partial charge in [0.25, 0.3) is 0 Å². The van der Waals surface area contributed by atoms with E-state index < -0.39 is 5.97 Å². The van der Waals surface area contributed by atoms with E-state index in [0.717, 1.165) is 17.0 Å². The first kappa shape index (κ1) is 11.3. The van der Waals surface area contributed by atoms with Gasteiger partial charge in [-0.25, -0.2) is 9.97 Å².